The van der Waals surface area contributed by atoms with Crippen molar-refractivity contribution in [3.8, 4) is 0 Å². The van der Waals surface area contributed by atoms with Crippen molar-refractivity contribution >= 4 is 0 Å². The highest BCUT2D eigenvalue weighted by Crippen LogP contribution is 2.40. The number of nitrogens with zero attached hydrogens (tertiary/aromatic N) is 2. The number of hydrogen-bond acceptors (Lipinski definition) is 4. The van der Waals surface area contributed by atoms with Gasteiger partial charge in [-0.15, -0.1) is 0 Å². The van der Waals surface area contributed by atoms with E-state index in [1.165, 1.54) is 18.4 Å². The maximum Gasteiger partial charge on any atom is 0.160 e. The minimum atomic E-state index is -0.239. The molecule has 1 heterocycles. The summed E-state index contributed by atoms with van der Waals surface area (Å²) in [5.41, 5.74) is 3.22. The standard InChI is InChI=1S/C15H25N3O/c1-11-13(7-10-16-3)12(2)18-14(17-11)15(19-4)8-5-6-9-15/h16H,5-10H2,1-4H3. The third kappa shape index (κ3) is 2.79. The largest absolute Gasteiger partial charge is 0.370 e. The Morgan fingerprint density at radius 1 is 1.16 bits per heavy atom. The number of ether oxygens (including phenoxy) is 1. The van der Waals surface area contributed by atoms with E-state index < -0.39 is 0 Å². The molecule has 0 spiro atoms. The van der Waals surface area contributed by atoms with Gasteiger partial charge >= 0.3 is 0 Å². The van der Waals surface area contributed by atoms with Crippen LogP contribution in [-0.4, -0.2) is 30.7 Å². The molecule has 1 aromatic rings. The van der Waals surface area contributed by atoms with Gasteiger partial charge in [0.1, 0.15) is 5.60 Å². The first-order chi connectivity index (χ1) is 9.13. The molecule has 0 aromatic carbocycles. The predicted molar refractivity (Wildman–Crippen MR) is 76.3 cm³/mol. The second kappa shape index (κ2) is 5.97. The van der Waals surface area contributed by atoms with Gasteiger partial charge in [-0.3, -0.25) is 0 Å². The van der Waals surface area contributed by atoms with Gasteiger partial charge in [0.15, 0.2) is 5.82 Å². The highest BCUT2D eigenvalue weighted by molar-refractivity contribution is 5.26. The second-order valence-corrected chi connectivity index (χ2v) is 5.46. The van der Waals surface area contributed by atoms with Gasteiger partial charge in [-0.1, -0.05) is 0 Å². The van der Waals surface area contributed by atoms with Gasteiger partial charge in [0.05, 0.1) is 0 Å². The highest BCUT2D eigenvalue weighted by Gasteiger charge is 2.38. The summed E-state index contributed by atoms with van der Waals surface area (Å²) in [5.74, 6) is 0.885. The molecule has 2 rings (SSSR count). The Morgan fingerprint density at radius 3 is 2.21 bits per heavy atom. The Morgan fingerprint density at radius 2 is 1.74 bits per heavy atom. The van der Waals surface area contributed by atoms with E-state index in [1.54, 1.807) is 7.11 Å². The van der Waals surface area contributed by atoms with Gasteiger partial charge in [-0.05, 0) is 65.1 Å². The third-order valence-electron chi connectivity index (χ3n) is 4.26. The Labute approximate surface area is 116 Å². The highest BCUT2D eigenvalue weighted by atomic mass is 16.5. The van der Waals surface area contributed by atoms with Gasteiger partial charge < -0.3 is 10.1 Å². The normalized spacial score (nSPS) is 17.9. The SMILES string of the molecule is CNCCc1c(C)nc(C2(OC)CCCC2)nc1C. The zero-order chi connectivity index (χ0) is 13.9. The summed E-state index contributed by atoms with van der Waals surface area (Å²) in [6, 6.07) is 0. The van der Waals surface area contributed by atoms with Crippen molar-refractivity contribution in [2.75, 3.05) is 20.7 Å². The predicted octanol–water partition coefficient (Wildman–Crippen LogP) is 2.27. The molecule has 4 heteroatoms. The fourth-order valence-electron chi connectivity index (χ4n) is 3.02. The smallest absolute Gasteiger partial charge is 0.160 e. The van der Waals surface area contributed by atoms with E-state index in [0.717, 1.165) is 43.0 Å². The molecule has 1 saturated carbocycles. The van der Waals surface area contributed by atoms with Crippen molar-refractivity contribution in [1.82, 2.24) is 15.3 Å². The van der Waals surface area contributed by atoms with Crippen LogP contribution >= 0.6 is 0 Å². The molecule has 0 atom stereocenters. The molecule has 0 bridgehead atoms. The van der Waals surface area contributed by atoms with Crippen LogP contribution in [-0.2, 0) is 16.8 Å². The zero-order valence-electron chi connectivity index (χ0n) is 12.5. The first-order valence-corrected chi connectivity index (χ1v) is 7.17. The molecular weight excluding hydrogens is 238 g/mol. The lowest BCUT2D eigenvalue weighted by molar-refractivity contribution is -0.0166. The van der Waals surface area contributed by atoms with E-state index in [1.807, 2.05) is 7.05 Å². The fraction of sp³-hybridized carbons (Fsp3) is 0.733. The average Bonchev–Trinajstić information content (AvgIpc) is 2.87. The molecule has 1 aliphatic rings. The molecule has 0 amide bonds. The van der Waals surface area contributed by atoms with Gasteiger partial charge in [0, 0.05) is 18.5 Å². The van der Waals surface area contributed by atoms with Crippen molar-refractivity contribution in [3.05, 3.63) is 22.8 Å². The van der Waals surface area contributed by atoms with Crippen LogP contribution in [0.1, 0.15) is 48.5 Å². The topological polar surface area (TPSA) is 47.0 Å². The molecule has 1 aromatic heterocycles. The van der Waals surface area contributed by atoms with E-state index in [2.05, 4.69) is 19.2 Å². The van der Waals surface area contributed by atoms with E-state index in [-0.39, 0.29) is 5.60 Å². The molecule has 1 fully saturated rings. The monoisotopic (exact) mass is 263 g/mol. The molecule has 0 unspecified atom stereocenters. The summed E-state index contributed by atoms with van der Waals surface area (Å²) >= 11 is 0. The lowest BCUT2D eigenvalue weighted by Gasteiger charge is -2.27. The lowest BCUT2D eigenvalue weighted by atomic mass is 9.99. The molecule has 0 saturated heterocycles. The maximum atomic E-state index is 5.78. The fourth-order valence-corrected chi connectivity index (χ4v) is 3.02. The molecule has 0 radical (unpaired) electrons. The van der Waals surface area contributed by atoms with Crippen LogP contribution in [0.4, 0.5) is 0 Å². The third-order valence-corrected chi connectivity index (χ3v) is 4.26. The van der Waals surface area contributed by atoms with E-state index in [0.29, 0.717) is 0 Å². The number of methoxy groups -OCH3 is 1. The van der Waals surface area contributed by atoms with Crippen LogP contribution in [0.5, 0.6) is 0 Å². The van der Waals surface area contributed by atoms with Crippen molar-refractivity contribution in [2.45, 2.75) is 51.6 Å². The van der Waals surface area contributed by atoms with Crippen LogP contribution in [0.25, 0.3) is 0 Å². The van der Waals surface area contributed by atoms with Crippen LogP contribution in [0.15, 0.2) is 0 Å². The minimum Gasteiger partial charge on any atom is -0.370 e. The summed E-state index contributed by atoms with van der Waals surface area (Å²) in [7, 11) is 3.76. The Hall–Kier alpha value is -1.00. The zero-order valence-corrected chi connectivity index (χ0v) is 12.5. The molecule has 1 N–H and O–H groups in total. The van der Waals surface area contributed by atoms with Gasteiger partial charge in [-0.25, -0.2) is 9.97 Å². The van der Waals surface area contributed by atoms with Crippen molar-refractivity contribution < 1.29 is 4.74 Å². The first kappa shape index (κ1) is 14.4. The summed E-state index contributed by atoms with van der Waals surface area (Å²) < 4.78 is 5.78. The maximum absolute atomic E-state index is 5.78. The number of hydrogen-bond donors (Lipinski definition) is 1. The van der Waals surface area contributed by atoms with Crippen LogP contribution in [0.3, 0.4) is 0 Å². The molecule has 0 aliphatic heterocycles. The van der Waals surface area contributed by atoms with Gasteiger partial charge in [0.2, 0.25) is 0 Å². The summed E-state index contributed by atoms with van der Waals surface area (Å²) in [4.78, 5) is 9.50. The lowest BCUT2D eigenvalue weighted by Crippen LogP contribution is -2.28. The van der Waals surface area contributed by atoms with Crippen molar-refractivity contribution in [3.63, 3.8) is 0 Å². The molecule has 19 heavy (non-hydrogen) atoms. The number of likely N-dealkylation sites (N-methyl/N-ethyl adjacent to an activating group) is 1. The molecular formula is C15H25N3O. The first-order valence-electron chi connectivity index (χ1n) is 7.17. The van der Waals surface area contributed by atoms with Crippen LogP contribution in [0, 0.1) is 13.8 Å². The molecule has 1 aliphatic carbocycles. The number of nitrogens with one attached hydrogen (secondary N) is 1. The van der Waals surface area contributed by atoms with E-state index >= 15 is 0 Å². The number of aromatic nitrogens is 2. The number of rotatable bonds is 5. The van der Waals surface area contributed by atoms with Crippen molar-refractivity contribution in [1.29, 1.82) is 0 Å². The Kier molecular flexibility index (Phi) is 4.53. The second-order valence-electron chi connectivity index (χ2n) is 5.46. The average molecular weight is 263 g/mol. The summed E-state index contributed by atoms with van der Waals surface area (Å²) in [6.45, 7) is 5.13. The quantitative estimate of drug-likeness (QED) is 0.885. The Balaban J connectivity index is 2.33. The summed E-state index contributed by atoms with van der Waals surface area (Å²) in [5, 5.41) is 3.18. The van der Waals surface area contributed by atoms with Gasteiger partial charge in [-0.2, -0.15) is 0 Å². The molecule has 4 nitrogen and oxygen atoms in total. The molecule has 106 valence electrons. The van der Waals surface area contributed by atoms with Crippen molar-refractivity contribution in [2.24, 2.45) is 0 Å². The van der Waals surface area contributed by atoms with Crippen LogP contribution < -0.4 is 5.32 Å². The van der Waals surface area contributed by atoms with E-state index in [9.17, 15) is 0 Å². The van der Waals surface area contributed by atoms with Crippen LogP contribution in [0.2, 0.25) is 0 Å². The van der Waals surface area contributed by atoms with E-state index in [4.69, 9.17) is 14.7 Å². The van der Waals surface area contributed by atoms with Gasteiger partial charge in [0.25, 0.3) is 0 Å². The summed E-state index contributed by atoms with van der Waals surface area (Å²) in [6.07, 6.45) is 5.47. The number of aryl methyl sites for hydroxylation is 2. The Bertz CT molecular complexity index is 416. The minimum absolute atomic E-state index is 0.239.